The summed E-state index contributed by atoms with van der Waals surface area (Å²) < 4.78 is 25.5. The lowest BCUT2D eigenvalue weighted by Crippen LogP contribution is -2.54. The van der Waals surface area contributed by atoms with Gasteiger partial charge in [0.05, 0.1) is 5.25 Å². The second-order valence-corrected chi connectivity index (χ2v) is 7.36. The van der Waals surface area contributed by atoms with Crippen LogP contribution in [0.25, 0.3) is 0 Å². The largest absolute Gasteiger partial charge is 0.300 e. The molecular weight excluding hydrogens is 214 g/mol. The predicted molar refractivity (Wildman–Crippen MR) is 59.1 cm³/mol. The summed E-state index contributed by atoms with van der Waals surface area (Å²) in [6, 6.07) is 0. The van der Waals surface area contributed by atoms with Crippen molar-refractivity contribution >= 4 is 15.8 Å². The monoisotopic (exact) mass is 233 g/mol. The molecule has 0 aromatic heterocycles. The molecule has 1 rings (SSSR count). The SMILES string of the molecule is CC(C)S(=O)(=O)N1CCC(=O)CC1(C)C. The molecule has 0 atom stereocenters. The maximum Gasteiger partial charge on any atom is 0.216 e. The Kier molecular flexibility index (Phi) is 3.26. The van der Waals surface area contributed by atoms with Crippen molar-refractivity contribution in [2.45, 2.75) is 51.3 Å². The molecule has 5 heteroatoms. The number of rotatable bonds is 2. The highest BCUT2D eigenvalue weighted by Gasteiger charge is 2.41. The third kappa shape index (κ3) is 2.39. The van der Waals surface area contributed by atoms with Gasteiger partial charge in [0, 0.05) is 24.9 Å². The molecule has 0 aromatic carbocycles. The molecule has 1 fully saturated rings. The highest BCUT2D eigenvalue weighted by atomic mass is 32.2. The van der Waals surface area contributed by atoms with E-state index in [2.05, 4.69) is 0 Å². The molecule has 88 valence electrons. The average molecular weight is 233 g/mol. The lowest BCUT2D eigenvalue weighted by atomic mass is 9.92. The minimum atomic E-state index is -3.25. The van der Waals surface area contributed by atoms with Gasteiger partial charge in [0.2, 0.25) is 10.0 Å². The standard InChI is InChI=1S/C10H19NO3S/c1-8(2)15(13,14)11-6-5-9(12)7-10(11,3)4/h8H,5-7H2,1-4H3. The topological polar surface area (TPSA) is 54.5 Å². The molecule has 4 nitrogen and oxygen atoms in total. The molecule has 1 aliphatic heterocycles. The molecule has 0 amide bonds. The van der Waals surface area contributed by atoms with E-state index in [0.717, 1.165) is 0 Å². The van der Waals surface area contributed by atoms with Gasteiger partial charge < -0.3 is 0 Å². The van der Waals surface area contributed by atoms with Gasteiger partial charge in [-0.25, -0.2) is 8.42 Å². The van der Waals surface area contributed by atoms with Crippen LogP contribution in [0.2, 0.25) is 0 Å². The van der Waals surface area contributed by atoms with E-state index in [1.807, 2.05) is 13.8 Å². The summed E-state index contributed by atoms with van der Waals surface area (Å²) in [5.41, 5.74) is -0.571. The number of nitrogens with zero attached hydrogens (tertiary/aromatic N) is 1. The van der Waals surface area contributed by atoms with Gasteiger partial charge >= 0.3 is 0 Å². The van der Waals surface area contributed by atoms with Crippen LogP contribution < -0.4 is 0 Å². The Morgan fingerprint density at radius 3 is 2.27 bits per heavy atom. The highest BCUT2D eigenvalue weighted by molar-refractivity contribution is 7.89. The van der Waals surface area contributed by atoms with E-state index in [0.29, 0.717) is 19.4 Å². The second-order valence-electron chi connectivity index (χ2n) is 4.94. The predicted octanol–water partition coefficient (Wildman–Crippen LogP) is 1.17. The smallest absolute Gasteiger partial charge is 0.216 e. The zero-order valence-electron chi connectivity index (χ0n) is 9.78. The summed E-state index contributed by atoms with van der Waals surface area (Å²) >= 11 is 0. The lowest BCUT2D eigenvalue weighted by Gasteiger charge is -2.41. The fourth-order valence-corrected chi connectivity index (χ4v) is 3.52. The average Bonchev–Trinajstić information content (AvgIpc) is 2.00. The summed E-state index contributed by atoms with van der Waals surface area (Å²) in [5, 5.41) is -0.426. The van der Waals surface area contributed by atoms with E-state index in [9.17, 15) is 13.2 Å². The normalized spacial score (nSPS) is 23.4. The Labute approximate surface area is 91.7 Å². The van der Waals surface area contributed by atoms with Crippen molar-refractivity contribution in [3.63, 3.8) is 0 Å². The number of carbonyl (C=O) groups excluding carboxylic acids is 1. The van der Waals surface area contributed by atoms with Gasteiger partial charge in [-0.1, -0.05) is 0 Å². The van der Waals surface area contributed by atoms with Crippen LogP contribution >= 0.6 is 0 Å². The molecule has 0 unspecified atom stereocenters. The number of ketones is 1. The molecule has 15 heavy (non-hydrogen) atoms. The highest BCUT2D eigenvalue weighted by Crippen LogP contribution is 2.29. The summed E-state index contributed by atoms with van der Waals surface area (Å²) in [6.07, 6.45) is 0.661. The Morgan fingerprint density at radius 1 is 1.33 bits per heavy atom. The number of sulfonamides is 1. The van der Waals surface area contributed by atoms with Gasteiger partial charge in [-0.05, 0) is 27.7 Å². The van der Waals surface area contributed by atoms with Crippen molar-refractivity contribution in [3.8, 4) is 0 Å². The van der Waals surface area contributed by atoms with Crippen LogP contribution in [0, 0.1) is 0 Å². The Hall–Kier alpha value is -0.420. The van der Waals surface area contributed by atoms with Gasteiger partial charge in [-0.15, -0.1) is 0 Å². The fourth-order valence-electron chi connectivity index (χ4n) is 1.91. The first kappa shape index (κ1) is 12.6. The molecule has 0 saturated carbocycles. The number of Topliss-reactive ketones (excluding diaryl/α,β-unsaturated/α-hetero) is 1. The van der Waals surface area contributed by atoms with Crippen molar-refractivity contribution in [1.82, 2.24) is 4.31 Å². The molecule has 1 heterocycles. The van der Waals surface area contributed by atoms with Crippen LogP contribution in [0.4, 0.5) is 0 Å². The molecule has 0 N–H and O–H groups in total. The second kappa shape index (κ2) is 3.87. The molecule has 1 saturated heterocycles. The van der Waals surface area contributed by atoms with Crippen LogP contribution in [0.1, 0.15) is 40.5 Å². The minimum Gasteiger partial charge on any atom is -0.300 e. The summed E-state index contributed by atoms with van der Waals surface area (Å²) in [7, 11) is -3.25. The third-order valence-electron chi connectivity index (χ3n) is 2.80. The first-order valence-corrected chi connectivity index (χ1v) is 6.71. The molecule has 0 aliphatic carbocycles. The van der Waals surface area contributed by atoms with E-state index in [4.69, 9.17) is 0 Å². The molecule has 0 spiro atoms. The van der Waals surface area contributed by atoms with Gasteiger partial charge in [-0.3, -0.25) is 4.79 Å². The van der Waals surface area contributed by atoms with E-state index < -0.39 is 20.8 Å². The van der Waals surface area contributed by atoms with Crippen molar-refractivity contribution < 1.29 is 13.2 Å². The zero-order valence-corrected chi connectivity index (χ0v) is 10.6. The van der Waals surface area contributed by atoms with Crippen molar-refractivity contribution in [2.75, 3.05) is 6.54 Å². The van der Waals surface area contributed by atoms with Gasteiger partial charge in [0.1, 0.15) is 5.78 Å². The van der Waals surface area contributed by atoms with Gasteiger partial charge in [-0.2, -0.15) is 4.31 Å². The van der Waals surface area contributed by atoms with E-state index >= 15 is 0 Å². The van der Waals surface area contributed by atoms with Crippen molar-refractivity contribution in [2.24, 2.45) is 0 Å². The number of hydrogen-bond donors (Lipinski definition) is 0. The summed E-state index contributed by atoms with van der Waals surface area (Å²) in [5.74, 6) is 0.148. The Morgan fingerprint density at radius 2 is 1.87 bits per heavy atom. The maximum absolute atomic E-state index is 12.0. The van der Waals surface area contributed by atoms with Crippen molar-refractivity contribution in [3.05, 3.63) is 0 Å². The number of carbonyl (C=O) groups is 1. The molecule has 0 radical (unpaired) electrons. The molecule has 0 bridgehead atoms. The van der Waals surface area contributed by atoms with Crippen LogP contribution in [-0.4, -0.2) is 35.8 Å². The number of hydrogen-bond acceptors (Lipinski definition) is 3. The van der Waals surface area contributed by atoms with Crippen LogP contribution in [0.15, 0.2) is 0 Å². The Bertz CT molecular complexity index is 357. The first-order chi connectivity index (χ1) is 6.68. The first-order valence-electron chi connectivity index (χ1n) is 5.21. The van der Waals surface area contributed by atoms with Crippen LogP contribution in [0.3, 0.4) is 0 Å². The molecule has 1 aliphatic rings. The lowest BCUT2D eigenvalue weighted by molar-refractivity contribution is -0.123. The van der Waals surface area contributed by atoms with Gasteiger partial charge in [0.25, 0.3) is 0 Å². The molecular formula is C10H19NO3S. The van der Waals surface area contributed by atoms with Crippen molar-refractivity contribution in [1.29, 1.82) is 0 Å². The van der Waals surface area contributed by atoms with E-state index in [-0.39, 0.29) is 5.78 Å². The van der Waals surface area contributed by atoms with E-state index in [1.165, 1.54) is 4.31 Å². The summed E-state index contributed by atoms with van der Waals surface area (Å²) in [4.78, 5) is 11.3. The van der Waals surface area contributed by atoms with Crippen LogP contribution in [-0.2, 0) is 14.8 Å². The quantitative estimate of drug-likeness (QED) is 0.719. The maximum atomic E-state index is 12.0. The zero-order chi connectivity index (χ0) is 11.9. The minimum absolute atomic E-state index is 0.148. The Balaban J connectivity index is 3.02. The van der Waals surface area contributed by atoms with Crippen LogP contribution in [0.5, 0.6) is 0 Å². The molecule has 0 aromatic rings. The van der Waals surface area contributed by atoms with E-state index in [1.54, 1.807) is 13.8 Å². The fraction of sp³-hybridized carbons (Fsp3) is 0.900. The van der Waals surface area contributed by atoms with Gasteiger partial charge in [0.15, 0.2) is 0 Å². The third-order valence-corrected chi connectivity index (χ3v) is 5.28. The summed E-state index contributed by atoms with van der Waals surface area (Å²) in [6.45, 7) is 7.28. The number of piperidine rings is 1.